The van der Waals surface area contributed by atoms with E-state index in [-0.39, 0.29) is 0 Å². The van der Waals surface area contributed by atoms with Crippen molar-refractivity contribution in [1.82, 2.24) is 5.32 Å². The molecular formula is C15H31NO2S. The average Bonchev–Trinajstić information content (AvgIpc) is 2.33. The Morgan fingerprint density at radius 1 is 1.21 bits per heavy atom. The fourth-order valence-corrected chi connectivity index (χ4v) is 3.97. The molecule has 4 heteroatoms. The summed E-state index contributed by atoms with van der Waals surface area (Å²) in [7, 11) is -2.95. The van der Waals surface area contributed by atoms with Crippen LogP contribution in [0.2, 0.25) is 0 Å². The van der Waals surface area contributed by atoms with E-state index in [1.54, 1.807) is 20.8 Å². The van der Waals surface area contributed by atoms with Crippen molar-refractivity contribution >= 4 is 9.84 Å². The fraction of sp³-hybridized carbons (Fsp3) is 1.00. The van der Waals surface area contributed by atoms with Gasteiger partial charge in [0.2, 0.25) is 0 Å². The van der Waals surface area contributed by atoms with Gasteiger partial charge in [0.15, 0.2) is 9.84 Å². The molecule has 3 nitrogen and oxygen atoms in total. The van der Waals surface area contributed by atoms with Crippen LogP contribution in [0.25, 0.3) is 0 Å². The summed E-state index contributed by atoms with van der Waals surface area (Å²) in [5.74, 6) is 0.932. The first kappa shape index (κ1) is 17.0. The number of rotatable bonds is 6. The summed E-state index contributed by atoms with van der Waals surface area (Å²) in [6.45, 7) is 8.67. The molecule has 114 valence electrons. The van der Waals surface area contributed by atoms with Crippen molar-refractivity contribution in [3.63, 3.8) is 0 Å². The molecule has 1 N–H and O–H groups in total. The van der Waals surface area contributed by atoms with Gasteiger partial charge in [-0.15, -0.1) is 0 Å². The second-order valence-electron chi connectivity index (χ2n) is 6.90. The van der Waals surface area contributed by atoms with Crippen LogP contribution in [-0.4, -0.2) is 31.5 Å². The van der Waals surface area contributed by atoms with Gasteiger partial charge in [0.25, 0.3) is 0 Å². The Morgan fingerprint density at radius 2 is 1.89 bits per heavy atom. The predicted molar refractivity (Wildman–Crippen MR) is 82.2 cm³/mol. The Bertz CT molecular complexity index is 357. The molecule has 0 aromatic carbocycles. The Morgan fingerprint density at radius 3 is 2.47 bits per heavy atom. The highest BCUT2D eigenvalue weighted by molar-refractivity contribution is 7.92. The molecule has 1 aliphatic rings. The van der Waals surface area contributed by atoms with Crippen molar-refractivity contribution in [2.75, 3.05) is 12.3 Å². The zero-order chi connectivity index (χ0) is 14.5. The van der Waals surface area contributed by atoms with Gasteiger partial charge in [-0.1, -0.05) is 19.8 Å². The SMILES string of the molecule is CCCNC1CCCC(CCS(=O)(=O)C(C)(C)C)C1. The van der Waals surface area contributed by atoms with Crippen molar-refractivity contribution < 1.29 is 8.42 Å². The summed E-state index contributed by atoms with van der Waals surface area (Å²) in [6, 6.07) is 0.607. The zero-order valence-electron chi connectivity index (χ0n) is 13.0. The number of nitrogens with one attached hydrogen (secondary N) is 1. The second-order valence-corrected chi connectivity index (χ2v) is 9.77. The van der Waals surface area contributed by atoms with E-state index in [1.807, 2.05) is 0 Å². The quantitative estimate of drug-likeness (QED) is 0.817. The molecule has 0 heterocycles. The third-order valence-electron chi connectivity index (χ3n) is 4.19. The summed E-state index contributed by atoms with van der Waals surface area (Å²) >= 11 is 0. The molecular weight excluding hydrogens is 258 g/mol. The van der Waals surface area contributed by atoms with Gasteiger partial charge < -0.3 is 5.32 Å². The van der Waals surface area contributed by atoms with E-state index in [0.29, 0.717) is 17.7 Å². The van der Waals surface area contributed by atoms with Crippen molar-refractivity contribution in [2.45, 2.75) is 77.0 Å². The maximum atomic E-state index is 12.1. The highest BCUT2D eigenvalue weighted by atomic mass is 32.2. The van der Waals surface area contributed by atoms with Gasteiger partial charge in [0.05, 0.1) is 10.5 Å². The summed E-state index contributed by atoms with van der Waals surface area (Å²) in [5.41, 5.74) is 0. The number of hydrogen-bond acceptors (Lipinski definition) is 3. The fourth-order valence-electron chi connectivity index (χ4n) is 2.72. The standard InChI is InChI=1S/C15H31NO2S/c1-5-10-16-14-8-6-7-13(12-14)9-11-19(17,18)15(2,3)4/h13-14,16H,5-12H2,1-4H3. The minimum absolute atomic E-state index is 0.349. The summed E-state index contributed by atoms with van der Waals surface area (Å²) in [5, 5.41) is 3.58. The highest BCUT2D eigenvalue weighted by Gasteiger charge is 2.30. The van der Waals surface area contributed by atoms with Crippen LogP contribution in [0.5, 0.6) is 0 Å². The average molecular weight is 289 g/mol. The van der Waals surface area contributed by atoms with Gasteiger partial charge in [0.1, 0.15) is 0 Å². The number of hydrogen-bond donors (Lipinski definition) is 1. The van der Waals surface area contributed by atoms with Crippen molar-refractivity contribution in [1.29, 1.82) is 0 Å². The largest absolute Gasteiger partial charge is 0.314 e. The van der Waals surface area contributed by atoms with Gasteiger partial charge in [-0.25, -0.2) is 8.42 Å². The van der Waals surface area contributed by atoms with E-state index in [9.17, 15) is 8.42 Å². The van der Waals surface area contributed by atoms with Crippen LogP contribution in [0, 0.1) is 5.92 Å². The highest BCUT2D eigenvalue weighted by Crippen LogP contribution is 2.28. The Kier molecular flexibility index (Phi) is 6.31. The van der Waals surface area contributed by atoms with Gasteiger partial charge >= 0.3 is 0 Å². The zero-order valence-corrected chi connectivity index (χ0v) is 13.9. The van der Waals surface area contributed by atoms with Crippen LogP contribution in [0.4, 0.5) is 0 Å². The third-order valence-corrected chi connectivity index (χ3v) is 6.83. The summed E-state index contributed by atoms with van der Waals surface area (Å²) in [4.78, 5) is 0. The van der Waals surface area contributed by atoms with Crippen molar-refractivity contribution in [3.8, 4) is 0 Å². The van der Waals surface area contributed by atoms with E-state index < -0.39 is 14.6 Å². The Hall–Kier alpha value is -0.0900. The van der Waals surface area contributed by atoms with E-state index in [1.165, 1.54) is 25.7 Å². The monoisotopic (exact) mass is 289 g/mol. The molecule has 1 fully saturated rings. The van der Waals surface area contributed by atoms with Crippen molar-refractivity contribution in [2.24, 2.45) is 5.92 Å². The lowest BCUT2D eigenvalue weighted by Gasteiger charge is -2.30. The topological polar surface area (TPSA) is 46.2 Å². The van der Waals surface area contributed by atoms with Crippen LogP contribution in [0.1, 0.15) is 66.2 Å². The molecule has 2 atom stereocenters. The smallest absolute Gasteiger partial charge is 0.155 e. The lowest BCUT2D eigenvalue weighted by molar-refractivity contribution is 0.280. The third kappa shape index (κ3) is 5.42. The molecule has 0 bridgehead atoms. The minimum atomic E-state index is -2.95. The van der Waals surface area contributed by atoms with Crippen molar-refractivity contribution in [3.05, 3.63) is 0 Å². The van der Waals surface area contributed by atoms with Gasteiger partial charge in [-0.2, -0.15) is 0 Å². The lowest BCUT2D eigenvalue weighted by Crippen LogP contribution is -2.36. The Labute approximate surface area is 119 Å². The van der Waals surface area contributed by atoms with E-state index in [0.717, 1.165) is 19.4 Å². The molecule has 0 aromatic heterocycles. The van der Waals surface area contributed by atoms with E-state index in [2.05, 4.69) is 12.2 Å². The van der Waals surface area contributed by atoms with Crippen LogP contribution < -0.4 is 5.32 Å². The lowest BCUT2D eigenvalue weighted by atomic mass is 9.84. The van der Waals surface area contributed by atoms with Crippen LogP contribution in [-0.2, 0) is 9.84 Å². The normalized spacial score (nSPS) is 25.5. The first-order valence-corrected chi connectivity index (χ1v) is 9.37. The van der Waals surface area contributed by atoms with E-state index >= 15 is 0 Å². The van der Waals surface area contributed by atoms with Gasteiger partial charge in [-0.05, 0) is 58.9 Å². The molecule has 2 unspecified atom stereocenters. The molecule has 0 amide bonds. The first-order chi connectivity index (χ1) is 8.76. The van der Waals surface area contributed by atoms with E-state index in [4.69, 9.17) is 0 Å². The Balaban J connectivity index is 2.41. The van der Waals surface area contributed by atoms with Crippen LogP contribution in [0.15, 0.2) is 0 Å². The molecule has 19 heavy (non-hydrogen) atoms. The first-order valence-electron chi connectivity index (χ1n) is 7.72. The van der Waals surface area contributed by atoms with Gasteiger partial charge in [0, 0.05) is 6.04 Å². The molecule has 0 spiro atoms. The molecule has 0 aliphatic heterocycles. The second kappa shape index (κ2) is 7.07. The maximum Gasteiger partial charge on any atom is 0.155 e. The summed E-state index contributed by atoms with van der Waals surface area (Å²) in [6.07, 6.45) is 6.84. The predicted octanol–water partition coefficient (Wildman–Crippen LogP) is 3.15. The molecule has 1 aliphatic carbocycles. The molecule has 0 saturated heterocycles. The molecule has 0 aromatic rings. The molecule has 0 radical (unpaired) electrons. The van der Waals surface area contributed by atoms with Gasteiger partial charge in [-0.3, -0.25) is 0 Å². The maximum absolute atomic E-state index is 12.1. The van der Waals surface area contributed by atoms with Crippen LogP contribution >= 0.6 is 0 Å². The molecule has 1 saturated carbocycles. The number of sulfone groups is 1. The minimum Gasteiger partial charge on any atom is -0.314 e. The summed E-state index contributed by atoms with van der Waals surface area (Å²) < 4.78 is 23.7. The van der Waals surface area contributed by atoms with Crippen LogP contribution in [0.3, 0.4) is 0 Å². The molecule has 1 rings (SSSR count).